The average Bonchev–Trinajstić information content (AvgIpc) is 2.93. The lowest BCUT2D eigenvalue weighted by molar-refractivity contribution is -0.301. The molecule has 4 nitrogen and oxygen atoms in total. The van der Waals surface area contributed by atoms with Crippen LogP contribution >= 0.6 is 0 Å². The first kappa shape index (κ1) is 11.0. The van der Waals surface area contributed by atoms with Crippen LogP contribution in [0.1, 0.15) is 26.7 Å². The van der Waals surface area contributed by atoms with E-state index in [2.05, 4.69) is 13.8 Å². The Morgan fingerprint density at radius 3 is 1.31 bits per heavy atom. The standard InChI is InChI=1S/C12H20O4/c1-9-10(2)12(15-7-8-16-12)4-3-11(9)13-5-6-14-11/h9-10H,3-8H2,1-2H3. The molecule has 2 atom stereocenters. The van der Waals surface area contributed by atoms with Crippen molar-refractivity contribution in [3.05, 3.63) is 0 Å². The van der Waals surface area contributed by atoms with Gasteiger partial charge in [-0.15, -0.1) is 0 Å². The van der Waals surface area contributed by atoms with E-state index in [1.165, 1.54) is 0 Å². The average molecular weight is 228 g/mol. The van der Waals surface area contributed by atoms with E-state index in [0.29, 0.717) is 38.3 Å². The lowest BCUT2D eigenvalue weighted by Crippen LogP contribution is -2.55. The van der Waals surface area contributed by atoms with Gasteiger partial charge in [0, 0.05) is 24.7 Å². The van der Waals surface area contributed by atoms with E-state index in [1.807, 2.05) is 0 Å². The summed E-state index contributed by atoms with van der Waals surface area (Å²) in [6, 6.07) is 0. The maximum absolute atomic E-state index is 5.83. The molecule has 0 aromatic rings. The number of rotatable bonds is 0. The van der Waals surface area contributed by atoms with Crippen LogP contribution in [-0.2, 0) is 18.9 Å². The molecule has 2 aliphatic heterocycles. The minimum Gasteiger partial charge on any atom is -0.347 e. The molecule has 16 heavy (non-hydrogen) atoms. The monoisotopic (exact) mass is 228 g/mol. The first-order valence-corrected chi connectivity index (χ1v) is 6.24. The van der Waals surface area contributed by atoms with E-state index in [-0.39, 0.29) is 11.6 Å². The Hall–Kier alpha value is -0.160. The second kappa shape index (κ2) is 3.67. The Labute approximate surface area is 96.2 Å². The summed E-state index contributed by atoms with van der Waals surface area (Å²) < 4.78 is 23.3. The third kappa shape index (κ3) is 1.37. The summed E-state index contributed by atoms with van der Waals surface area (Å²) in [5.74, 6) is -0.136. The summed E-state index contributed by atoms with van der Waals surface area (Å²) in [4.78, 5) is 0. The molecule has 3 aliphatic rings. The summed E-state index contributed by atoms with van der Waals surface area (Å²) in [5.41, 5.74) is 0. The summed E-state index contributed by atoms with van der Waals surface area (Å²) in [6.45, 7) is 7.22. The van der Waals surface area contributed by atoms with Crippen LogP contribution in [0.4, 0.5) is 0 Å². The highest BCUT2D eigenvalue weighted by Gasteiger charge is 2.57. The van der Waals surface area contributed by atoms with E-state index in [4.69, 9.17) is 18.9 Å². The molecule has 0 aromatic heterocycles. The Kier molecular flexibility index (Phi) is 2.51. The van der Waals surface area contributed by atoms with Crippen molar-refractivity contribution in [3.8, 4) is 0 Å². The zero-order valence-corrected chi connectivity index (χ0v) is 10.0. The van der Waals surface area contributed by atoms with Crippen molar-refractivity contribution in [1.82, 2.24) is 0 Å². The van der Waals surface area contributed by atoms with Gasteiger partial charge in [-0.05, 0) is 0 Å². The van der Waals surface area contributed by atoms with Crippen LogP contribution < -0.4 is 0 Å². The van der Waals surface area contributed by atoms with E-state index >= 15 is 0 Å². The quantitative estimate of drug-likeness (QED) is 0.630. The van der Waals surface area contributed by atoms with Crippen molar-refractivity contribution in [1.29, 1.82) is 0 Å². The third-order valence-electron chi connectivity index (χ3n) is 4.51. The summed E-state index contributed by atoms with van der Waals surface area (Å²) >= 11 is 0. The molecule has 3 rings (SSSR count). The predicted molar refractivity (Wildman–Crippen MR) is 56.8 cm³/mol. The normalized spacial score (nSPS) is 40.9. The largest absolute Gasteiger partial charge is 0.347 e. The highest BCUT2D eigenvalue weighted by molar-refractivity contribution is 4.97. The second-order valence-corrected chi connectivity index (χ2v) is 5.09. The molecule has 4 heteroatoms. The molecule has 1 saturated carbocycles. The van der Waals surface area contributed by atoms with Crippen molar-refractivity contribution >= 4 is 0 Å². The topological polar surface area (TPSA) is 36.9 Å². The van der Waals surface area contributed by atoms with Gasteiger partial charge >= 0.3 is 0 Å². The fourth-order valence-corrected chi connectivity index (χ4v) is 3.32. The lowest BCUT2D eigenvalue weighted by atomic mass is 9.72. The Balaban J connectivity index is 1.82. The minimum absolute atomic E-state index is 0.307. The van der Waals surface area contributed by atoms with Crippen molar-refractivity contribution in [3.63, 3.8) is 0 Å². The molecule has 0 amide bonds. The van der Waals surface area contributed by atoms with Crippen molar-refractivity contribution in [2.24, 2.45) is 11.8 Å². The molecular weight excluding hydrogens is 208 g/mol. The number of hydrogen-bond donors (Lipinski definition) is 0. The zero-order chi connectivity index (χ0) is 11.2. The van der Waals surface area contributed by atoms with E-state index in [0.717, 1.165) is 12.8 Å². The molecule has 1 aliphatic carbocycles. The van der Waals surface area contributed by atoms with Gasteiger partial charge in [-0.25, -0.2) is 0 Å². The smallest absolute Gasteiger partial charge is 0.171 e. The van der Waals surface area contributed by atoms with Crippen molar-refractivity contribution in [2.45, 2.75) is 38.3 Å². The molecule has 0 N–H and O–H groups in total. The SMILES string of the molecule is CC1C(C)C2(CCC13OCCO3)OCCO2. The van der Waals surface area contributed by atoms with Gasteiger partial charge in [0.05, 0.1) is 26.4 Å². The molecule has 2 unspecified atom stereocenters. The molecule has 2 saturated heterocycles. The molecule has 0 aromatic carbocycles. The van der Waals surface area contributed by atoms with Gasteiger partial charge in [-0.2, -0.15) is 0 Å². The van der Waals surface area contributed by atoms with Crippen molar-refractivity contribution in [2.75, 3.05) is 26.4 Å². The third-order valence-corrected chi connectivity index (χ3v) is 4.51. The lowest BCUT2D eigenvalue weighted by Gasteiger charge is -2.49. The van der Waals surface area contributed by atoms with Crippen LogP contribution in [0.2, 0.25) is 0 Å². The van der Waals surface area contributed by atoms with Gasteiger partial charge in [0.25, 0.3) is 0 Å². The molecule has 0 radical (unpaired) electrons. The van der Waals surface area contributed by atoms with Crippen LogP contribution in [-0.4, -0.2) is 38.0 Å². The molecular formula is C12H20O4. The number of ether oxygens (including phenoxy) is 4. The zero-order valence-electron chi connectivity index (χ0n) is 10.0. The predicted octanol–water partition coefficient (Wildman–Crippen LogP) is 1.54. The van der Waals surface area contributed by atoms with E-state index < -0.39 is 0 Å². The number of hydrogen-bond acceptors (Lipinski definition) is 4. The van der Waals surface area contributed by atoms with E-state index in [1.54, 1.807) is 0 Å². The molecule has 0 bridgehead atoms. The first-order valence-electron chi connectivity index (χ1n) is 6.24. The minimum atomic E-state index is -0.375. The van der Waals surface area contributed by atoms with Crippen LogP contribution in [0, 0.1) is 11.8 Å². The molecule has 2 spiro atoms. The highest BCUT2D eigenvalue weighted by Crippen LogP contribution is 2.50. The van der Waals surface area contributed by atoms with Gasteiger partial charge < -0.3 is 18.9 Å². The van der Waals surface area contributed by atoms with Gasteiger partial charge in [0.15, 0.2) is 11.6 Å². The molecule has 2 heterocycles. The van der Waals surface area contributed by atoms with Gasteiger partial charge in [-0.3, -0.25) is 0 Å². The maximum Gasteiger partial charge on any atom is 0.171 e. The van der Waals surface area contributed by atoms with Crippen LogP contribution in [0.25, 0.3) is 0 Å². The van der Waals surface area contributed by atoms with Crippen LogP contribution in [0.5, 0.6) is 0 Å². The molecule has 92 valence electrons. The first-order chi connectivity index (χ1) is 7.69. The summed E-state index contributed by atoms with van der Waals surface area (Å²) in [6.07, 6.45) is 1.75. The highest BCUT2D eigenvalue weighted by atomic mass is 16.8. The van der Waals surface area contributed by atoms with Gasteiger partial charge in [-0.1, -0.05) is 13.8 Å². The Bertz CT molecular complexity index is 238. The van der Waals surface area contributed by atoms with Crippen LogP contribution in [0.3, 0.4) is 0 Å². The van der Waals surface area contributed by atoms with Gasteiger partial charge in [0.1, 0.15) is 0 Å². The molecule has 3 fully saturated rings. The fraction of sp³-hybridized carbons (Fsp3) is 1.00. The second-order valence-electron chi connectivity index (χ2n) is 5.09. The van der Waals surface area contributed by atoms with Crippen LogP contribution in [0.15, 0.2) is 0 Å². The fourth-order valence-electron chi connectivity index (χ4n) is 3.32. The Morgan fingerprint density at radius 1 is 0.688 bits per heavy atom. The van der Waals surface area contributed by atoms with Crippen molar-refractivity contribution < 1.29 is 18.9 Å². The maximum atomic E-state index is 5.83. The summed E-state index contributed by atoms with van der Waals surface area (Å²) in [5, 5.41) is 0. The van der Waals surface area contributed by atoms with Gasteiger partial charge in [0.2, 0.25) is 0 Å². The summed E-state index contributed by atoms with van der Waals surface area (Å²) in [7, 11) is 0. The Morgan fingerprint density at radius 2 is 1.00 bits per heavy atom. The van der Waals surface area contributed by atoms with E-state index in [9.17, 15) is 0 Å².